The van der Waals surface area contributed by atoms with Crippen molar-refractivity contribution in [1.82, 2.24) is 5.32 Å². The second kappa shape index (κ2) is 6.07. The number of nitrogens with one attached hydrogen (secondary N) is 1. The number of hydrogen-bond acceptors (Lipinski definition) is 4. The molecule has 1 amide bonds. The van der Waals surface area contributed by atoms with Crippen LogP contribution in [0.4, 0.5) is 13.2 Å². The Balaban J connectivity index is 2.18. The van der Waals surface area contributed by atoms with Crippen LogP contribution >= 0.6 is 0 Å². The van der Waals surface area contributed by atoms with E-state index in [1.165, 1.54) is 43.5 Å². The Morgan fingerprint density at radius 2 is 1.74 bits per heavy atom. The number of hydrogen-bond donors (Lipinski definition) is 1. The van der Waals surface area contributed by atoms with E-state index >= 15 is 0 Å². The number of halogens is 3. The summed E-state index contributed by atoms with van der Waals surface area (Å²) in [6.07, 6.45) is -2.68. The number of benzene rings is 1. The lowest BCUT2D eigenvalue weighted by Gasteiger charge is -2.16. The van der Waals surface area contributed by atoms with Gasteiger partial charge in [0.15, 0.2) is 0 Å². The smallest absolute Gasteiger partial charge is 0.471 e. The van der Waals surface area contributed by atoms with E-state index in [1.54, 1.807) is 5.32 Å². The van der Waals surface area contributed by atoms with Crippen LogP contribution < -0.4 is 5.32 Å². The van der Waals surface area contributed by atoms with Crippen molar-refractivity contribution < 1.29 is 30.8 Å². The fraction of sp³-hybridized carbons (Fsp3) is 0.214. The number of alkyl halides is 3. The van der Waals surface area contributed by atoms with Gasteiger partial charge in [-0.05, 0) is 30.7 Å². The third-order valence-electron chi connectivity index (χ3n) is 3.10. The Morgan fingerprint density at radius 1 is 1.13 bits per heavy atom. The summed E-state index contributed by atoms with van der Waals surface area (Å²) in [5, 5.41) is 1.79. The van der Waals surface area contributed by atoms with E-state index in [1.807, 2.05) is 0 Å². The molecule has 5 nitrogen and oxygen atoms in total. The zero-order chi connectivity index (χ0) is 17.3. The predicted octanol–water partition coefficient (Wildman–Crippen LogP) is 2.85. The molecular weight excluding hydrogens is 335 g/mol. The largest absolute Gasteiger partial charge is 0.471 e. The summed E-state index contributed by atoms with van der Waals surface area (Å²) in [6.45, 7) is 1.36. The third-order valence-corrected chi connectivity index (χ3v) is 4.85. The standard InChI is InChI=1S/C14H12F3NO4S/c1-9(18-13(19)14(15,16)17)10-2-4-11(5-3-10)23(20,21)12-6-7-22-8-12/h2-9H,1H3,(H,18,19)/t9-/m0/s1. The Labute approximate surface area is 130 Å². The van der Waals surface area contributed by atoms with Crippen molar-refractivity contribution in [3.05, 3.63) is 48.4 Å². The topological polar surface area (TPSA) is 76.4 Å². The Kier molecular flexibility index (Phi) is 4.51. The van der Waals surface area contributed by atoms with E-state index in [4.69, 9.17) is 4.42 Å². The molecule has 0 bridgehead atoms. The Bertz CT molecular complexity index is 780. The molecule has 0 spiro atoms. The molecule has 0 radical (unpaired) electrons. The highest BCUT2D eigenvalue weighted by atomic mass is 32.2. The molecule has 0 fully saturated rings. The van der Waals surface area contributed by atoms with Gasteiger partial charge in [-0.1, -0.05) is 12.1 Å². The first kappa shape index (κ1) is 17.1. The van der Waals surface area contributed by atoms with Crippen molar-refractivity contribution in [3.63, 3.8) is 0 Å². The average molecular weight is 347 g/mol. The highest BCUT2D eigenvalue weighted by Gasteiger charge is 2.39. The maximum atomic E-state index is 12.2. The first-order valence-corrected chi connectivity index (χ1v) is 7.85. The first-order chi connectivity index (χ1) is 10.6. The third kappa shape index (κ3) is 3.73. The van der Waals surface area contributed by atoms with Crippen LogP contribution in [0.1, 0.15) is 18.5 Å². The van der Waals surface area contributed by atoms with E-state index in [-0.39, 0.29) is 9.79 Å². The van der Waals surface area contributed by atoms with Crippen LogP contribution in [-0.2, 0) is 14.6 Å². The van der Waals surface area contributed by atoms with Gasteiger partial charge < -0.3 is 9.73 Å². The molecule has 124 valence electrons. The SMILES string of the molecule is C[C@H](NC(=O)C(F)(F)F)c1ccc(S(=O)(=O)c2ccoc2)cc1. The van der Waals surface area contributed by atoms with Gasteiger partial charge in [0.25, 0.3) is 0 Å². The van der Waals surface area contributed by atoms with E-state index in [2.05, 4.69) is 0 Å². The van der Waals surface area contributed by atoms with Gasteiger partial charge in [0.05, 0.1) is 17.2 Å². The van der Waals surface area contributed by atoms with Gasteiger partial charge in [0.1, 0.15) is 11.2 Å². The lowest BCUT2D eigenvalue weighted by molar-refractivity contribution is -0.174. The number of furan rings is 1. The predicted molar refractivity (Wildman–Crippen MR) is 73.2 cm³/mol. The van der Waals surface area contributed by atoms with Gasteiger partial charge in [-0.2, -0.15) is 13.2 Å². The zero-order valence-electron chi connectivity index (χ0n) is 11.8. The lowest BCUT2D eigenvalue weighted by atomic mass is 10.1. The van der Waals surface area contributed by atoms with E-state index in [0.717, 1.165) is 6.26 Å². The molecule has 1 atom stereocenters. The summed E-state index contributed by atoms with van der Waals surface area (Å²) in [7, 11) is -3.75. The van der Waals surface area contributed by atoms with Crippen LogP contribution in [0, 0.1) is 0 Å². The molecule has 0 aliphatic rings. The average Bonchev–Trinajstić information content (AvgIpc) is 3.01. The molecule has 0 unspecified atom stereocenters. The van der Waals surface area contributed by atoms with Crippen molar-refractivity contribution in [3.8, 4) is 0 Å². The van der Waals surface area contributed by atoms with Crippen LogP contribution in [0.2, 0.25) is 0 Å². The van der Waals surface area contributed by atoms with Crippen LogP contribution in [0.3, 0.4) is 0 Å². The maximum absolute atomic E-state index is 12.2. The molecule has 2 rings (SSSR count). The summed E-state index contributed by atoms with van der Waals surface area (Å²) in [5.41, 5.74) is 0.341. The fourth-order valence-electron chi connectivity index (χ4n) is 1.84. The number of amides is 1. The minimum Gasteiger partial charge on any atom is -0.471 e. The summed E-state index contributed by atoms with van der Waals surface area (Å²) in [5.74, 6) is -2.06. The summed E-state index contributed by atoms with van der Waals surface area (Å²) >= 11 is 0. The monoisotopic (exact) mass is 347 g/mol. The van der Waals surface area contributed by atoms with Gasteiger partial charge in [-0.25, -0.2) is 8.42 Å². The molecule has 1 heterocycles. The molecule has 1 aromatic carbocycles. The number of carbonyl (C=O) groups is 1. The van der Waals surface area contributed by atoms with E-state index in [9.17, 15) is 26.4 Å². The molecule has 1 N–H and O–H groups in total. The molecule has 23 heavy (non-hydrogen) atoms. The van der Waals surface area contributed by atoms with Crippen molar-refractivity contribution in [2.75, 3.05) is 0 Å². The van der Waals surface area contributed by atoms with Crippen molar-refractivity contribution >= 4 is 15.7 Å². The number of rotatable bonds is 4. The first-order valence-electron chi connectivity index (χ1n) is 6.37. The molecule has 1 aromatic heterocycles. The quantitative estimate of drug-likeness (QED) is 0.923. The summed E-state index contributed by atoms with van der Waals surface area (Å²) in [4.78, 5) is 10.8. The molecule has 2 aromatic rings. The molecule has 0 aliphatic carbocycles. The maximum Gasteiger partial charge on any atom is 0.471 e. The number of carbonyl (C=O) groups excluding carboxylic acids is 1. The second-order valence-electron chi connectivity index (χ2n) is 4.72. The van der Waals surface area contributed by atoms with Gasteiger partial charge in [0, 0.05) is 0 Å². The van der Waals surface area contributed by atoms with E-state index in [0.29, 0.717) is 5.56 Å². The zero-order valence-corrected chi connectivity index (χ0v) is 12.6. The van der Waals surface area contributed by atoms with Crippen molar-refractivity contribution in [2.45, 2.75) is 28.9 Å². The number of sulfone groups is 1. The molecule has 0 saturated carbocycles. The van der Waals surface area contributed by atoms with Crippen LogP contribution in [0.5, 0.6) is 0 Å². The van der Waals surface area contributed by atoms with Gasteiger partial charge >= 0.3 is 12.1 Å². The van der Waals surface area contributed by atoms with Crippen molar-refractivity contribution in [1.29, 1.82) is 0 Å². The highest BCUT2D eigenvalue weighted by molar-refractivity contribution is 7.91. The normalized spacial score (nSPS) is 13.6. The summed E-state index contributed by atoms with van der Waals surface area (Å²) in [6, 6.07) is 5.56. The minimum absolute atomic E-state index is 0.0244. The second-order valence-corrected chi connectivity index (χ2v) is 6.67. The molecule has 9 heteroatoms. The van der Waals surface area contributed by atoms with Crippen LogP contribution in [0.15, 0.2) is 57.1 Å². The van der Waals surface area contributed by atoms with Crippen molar-refractivity contribution in [2.24, 2.45) is 0 Å². The highest BCUT2D eigenvalue weighted by Crippen LogP contribution is 2.24. The van der Waals surface area contributed by atoms with E-state index < -0.39 is 28.0 Å². The Hall–Kier alpha value is -2.29. The van der Waals surface area contributed by atoms with Crippen LogP contribution in [0.25, 0.3) is 0 Å². The fourth-order valence-corrected chi connectivity index (χ4v) is 3.02. The lowest BCUT2D eigenvalue weighted by Crippen LogP contribution is -2.38. The van der Waals surface area contributed by atoms with Crippen LogP contribution in [-0.4, -0.2) is 20.5 Å². The van der Waals surface area contributed by atoms with Gasteiger partial charge in [0.2, 0.25) is 9.84 Å². The Morgan fingerprint density at radius 3 is 2.22 bits per heavy atom. The summed E-state index contributed by atoms with van der Waals surface area (Å²) < 4.78 is 65.7. The molecule has 0 aliphatic heterocycles. The minimum atomic E-state index is -4.97. The van der Waals surface area contributed by atoms with Gasteiger partial charge in [-0.3, -0.25) is 4.79 Å². The molecule has 0 saturated heterocycles. The van der Waals surface area contributed by atoms with Gasteiger partial charge in [-0.15, -0.1) is 0 Å². The molecular formula is C14H12F3NO4S.